The van der Waals surface area contributed by atoms with E-state index in [1.54, 1.807) is 0 Å². The molecule has 0 aliphatic carbocycles. The van der Waals surface area contributed by atoms with E-state index in [9.17, 15) is 0 Å². The molecule has 0 radical (unpaired) electrons. The van der Waals surface area contributed by atoms with E-state index in [1.165, 1.54) is 11.8 Å². The molecule has 2 aromatic rings. The minimum absolute atomic E-state index is 0.262. The third-order valence-corrected chi connectivity index (χ3v) is 2.70. The first-order chi connectivity index (χ1) is 8.38. The summed E-state index contributed by atoms with van der Waals surface area (Å²) in [5.41, 5.74) is 6.50. The van der Waals surface area contributed by atoms with Gasteiger partial charge in [-0.25, -0.2) is 0 Å². The zero-order chi connectivity index (χ0) is 11.9. The van der Waals surface area contributed by atoms with Gasteiger partial charge in [0.15, 0.2) is 0 Å². The van der Waals surface area contributed by atoms with E-state index < -0.39 is 0 Å². The molecule has 1 aromatic heterocycles. The summed E-state index contributed by atoms with van der Waals surface area (Å²) in [4.78, 5) is 0. The van der Waals surface area contributed by atoms with Crippen LogP contribution in [0.2, 0.25) is 0 Å². The van der Waals surface area contributed by atoms with Gasteiger partial charge in [-0.3, -0.25) is 0 Å². The fraction of sp³-hybridized carbons (Fsp3) is 0.273. The molecule has 0 unspecified atom stereocenters. The van der Waals surface area contributed by atoms with Crippen molar-refractivity contribution in [1.29, 1.82) is 0 Å². The zero-order valence-electron chi connectivity index (χ0n) is 9.20. The standard InChI is InChI=1S/C11H13N3O2S/c12-6-10-13-14-11(16-10)17-8-15-7-9-4-2-1-3-5-9/h1-5H,6-8,12H2. The molecule has 0 spiro atoms. The molecule has 0 aliphatic rings. The summed E-state index contributed by atoms with van der Waals surface area (Å²) < 4.78 is 10.7. The van der Waals surface area contributed by atoms with Crippen molar-refractivity contribution < 1.29 is 9.15 Å². The van der Waals surface area contributed by atoms with Crippen molar-refractivity contribution in [2.45, 2.75) is 18.4 Å². The van der Waals surface area contributed by atoms with Crippen LogP contribution in [0.1, 0.15) is 11.5 Å². The Morgan fingerprint density at radius 1 is 1.24 bits per heavy atom. The molecular weight excluding hydrogens is 238 g/mol. The van der Waals surface area contributed by atoms with E-state index >= 15 is 0 Å². The Balaban J connectivity index is 1.69. The van der Waals surface area contributed by atoms with E-state index in [0.717, 1.165) is 5.56 Å². The highest BCUT2D eigenvalue weighted by Gasteiger charge is 2.04. The molecule has 2 rings (SSSR count). The molecule has 6 heteroatoms. The van der Waals surface area contributed by atoms with Crippen molar-refractivity contribution >= 4 is 11.8 Å². The van der Waals surface area contributed by atoms with Crippen LogP contribution in [0.4, 0.5) is 0 Å². The molecule has 0 atom stereocenters. The summed E-state index contributed by atoms with van der Waals surface area (Å²) >= 11 is 1.36. The van der Waals surface area contributed by atoms with Crippen molar-refractivity contribution in [2.75, 3.05) is 5.94 Å². The topological polar surface area (TPSA) is 74.2 Å². The van der Waals surface area contributed by atoms with Gasteiger partial charge in [-0.15, -0.1) is 10.2 Å². The predicted molar refractivity (Wildman–Crippen MR) is 64.1 cm³/mol. The van der Waals surface area contributed by atoms with Gasteiger partial charge in [0, 0.05) is 0 Å². The Kier molecular flexibility index (Phi) is 4.54. The number of aromatic nitrogens is 2. The zero-order valence-corrected chi connectivity index (χ0v) is 10.0. The molecule has 5 nitrogen and oxygen atoms in total. The van der Waals surface area contributed by atoms with Gasteiger partial charge in [0.2, 0.25) is 5.89 Å². The Labute approximate surface area is 103 Å². The first-order valence-corrected chi connectivity index (χ1v) is 6.14. The third-order valence-electron chi connectivity index (χ3n) is 2.00. The molecular formula is C11H13N3O2S. The third kappa shape index (κ3) is 3.85. The second-order valence-corrected chi connectivity index (χ2v) is 4.14. The van der Waals surface area contributed by atoms with Crippen LogP contribution >= 0.6 is 11.8 Å². The molecule has 1 heterocycles. The van der Waals surface area contributed by atoms with Crippen LogP contribution in [0, 0.1) is 0 Å². The summed E-state index contributed by atoms with van der Waals surface area (Å²) in [6.45, 7) is 0.837. The SMILES string of the molecule is NCc1nnc(SCOCc2ccccc2)o1. The quantitative estimate of drug-likeness (QED) is 0.479. The van der Waals surface area contributed by atoms with Crippen LogP contribution in [0.25, 0.3) is 0 Å². The van der Waals surface area contributed by atoms with Crippen molar-refractivity contribution in [3.63, 3.8) is 0 Å². The maximum Gasteiger partial charge on any atom is 0.278 e. The normalized spacial score (nSPS) is 10.6. The summed E-state index contributed by atoms with van der Waals surface area (Å²) in [7, 11) is 0. The summed E-state index contributed by atoms with van der Waals surface area (Å²) in [6, 6.07) is 9.98. The van der Waals surface area contributed by atoms with E-state index in [-0.39, 0.29) is 6.54 Å². The second-order valence-electron chi connectivity index (χ2n) is 3.26. The van der Waals surface area contributed by atoms with E-state index in [0.29, 0.717) is 23.7 Å². The fourth-order valence-corrected chi connectivity index (χ4v) is 1.73. The van der Waals surface area contributed by atoms with Crippen molar-refractivity contribution in [2.24, 2.45) is 5.73 Å². The molecule has 0 aliphatic heterocycles. The van der Waals surface area contributed by atoms with E-state index in [1.807, 2.05) is 30.3 Å². The summed E-state index contributed by atoms with van der Waals surface area (Å²) in [6.07, 6.45) is 0. The van der Waals surface area contributed by atoms with Gasteiger partial charge >= 0.3 is 0 Å². The monoisotopic (exact) mass is 251 g/mol. The predicted octanol–water partition coefficient (Wildman–Crippen LogP) is 1.79. The molecule has 17 heavy (non-hydrogen) atoms. The Morgan fingerprint density at radius 3 is 2.76 bits per heavy atom. The lowest BCUT2D eigenvalue weighted by Crippen LogP contribution is -1.95. The molecule has 90 valence electrons. The summed E-state index contributed by atoms with van der Waals surface area (Å²) in [5.74, 6) is 0.914. The lowest BCUT2D eigenvalue weighted by Gasteiger charge is -2.01. The number of thioether (sulfide) groups is 1. The number of ether oxygens (including phenoxy) is 1. The van der Waals surface area contributed by atoms with Gasteiger partial charge in [-0.05, 0) is 17.3 Å². The maximum atomic E-state index is 5.47. The average Bonchev–Trinajstić information content (AvgIpc) is 2.84. The van der Waals surface area contributed by atoms with Crippen LogP contribution < -0.4 is 5.73 Å². The molecule has 0 saturated heterocycles. The smallest absolute Gasteiger partial charge is 0.278 e. The van der Waals surface area contributed by atoms with Crippen LogP contribution in [-0.4, -0.2) is 16.1 Å². The highest BCUT2D eigenvalue weighted by atomic mass is 32.2. The van der Waals surface area contributed by atoms with Crippen molar-refractivity contribution in [3.8, 4) is 0 Å². The Morgan fingerprint density at radius 2 is 2.06 bits per heavy atom. The molecule has 0 saturated carbocycles. The number of hydrogen-bond donors (Lipinski definition) is 1. The van der Waals surface area contributed by atoms with Crippen LogP contribution in [0.15, 0.2) is 40.0 Å². The van der Waals surface area contributed by atoms with Crippen LogP contribution in [0.5, 0.6) is 0 Å². The van der Waals surface area contributed by atoms with E-state index in [2.05, 4.69) is 10.2 Å². The molecule has 0 fully saturated rings. The van der Waals surface area contributed by atoms with Crippen LogP contribution in [-0.2, 0) is 17.9 Å². The minimum Gasteiger partial charge on any atom is -0.414 e. The lowest BCUT2D eigenvalue weighted by molar-refractivity contribution is 0.168. The number of rotatable bonds is 6. The molecule has 1 aromatic carbocycles. The van der Waals surface area contributed by atoms with Gasteiger partial charge in [0.25, 0.3) is 5.22 Å². The fourth-order valence-electron chi connectivity index (χ4n) is 1.20. The van der Waals surface area contributed by atoms with Gasteiger partial charge in [-0.2, -0.15) is 0 Å². The van der Waals surface area contributed by atoms with Crippen molar-refractivity contribution in [3.05, 3.63) is 41.8 Å². The number of benzene rings is 1. The van der Waals surface area contributed by atoms with E-state index in [4.69, 9.17) is 14.9 Å². The highest BCUT2D eigenvalue weighted by Crippen LogP contribution is 2.16. The minimum atomic E-state index is 0.262. The number of nitrogens with zero attached hydrogens (tertiary/aromatic N) is 2. The number of hydrogen-bond acceptors (Lipinski definition) is 6. The maximum absolute atomic E-state index is 5.47. The van der Waals surface area contributed by atoms with Gasteiger partial charge < -0.3 is 14.9 Å². The van der Waals surface area contributed by atoms with Gasteiger partial charge in [0.1, 0.15) is 5.94 Å². The Hall–Kier alpha value is -1.37. The van der Waals surface area contributed by atoms with Gasteiger partial charge in [0.05, 0.1) is 13.2 Å². The summed E-state index contributed by atoms with van der Waals surface area (Å²) in [5, 5.41) is 8.06. The van der Waals surface area contributed by atoms with Crippen LogP contribution in [0.3, 0.4) is 0 Å². The highest BCUT2D eigenvalue weighted by molar-refractivity contribution is 7.98. The molecule has 0 bridgehead atoms. The second kappa shape index (κ2) is 6.39. The van der Waals surface area contributed by atoms with Crippen molar-refractivity contribution in [1.82, 2.24) is 10.2 Å². The lowest BCUT2D eigenvalue weighted by atomic mass is 10.2. The first kappa shape index (κ1) is 12.1. The largest absolute Gasteiger partial charge is 0.414 e. The Bertz CT molecular complexity index is 447. The van der Waals surface area contributed by atoms with Gasteiger partial charge in [-0.1, -0.05) is 30.3 Å². The molecule has 0 amide bonds. The molecule has 2 N–H and O–H groups in total. The number of nitrogens with two attached hydrogens (primary N) is 1. The average molecular weight is 251 g/mol. The first-order valence-electron chi connectivity index (χ1n) is 5.15.